The van der Waals surface area contributed by atoms with Crippen molar-refractivity contribution in [3.8, 4) is 0 Å². The third-order valence-electron chi connectivity index (χ3n) is 4.88. The molecule has 1 fully saturated rings. The van der Waals surface area contributed by atoms with Crippen LogP contribution in [-0.4, -0.2) is 60.9 Å². The van der Waals surface area contributed by atoms with Gasteiger partial charge < -0.3 is 9.80 Å². The van der Waals surface area contributed by atoms with Crippen LogP contribution >= 0.6 is 11.6 Å². The number of amides is 1. The Morgan fingerprint density at radius 1 is 1.11 bits per heavy atom. The Hall–Kier alpha value is -2.64. The highest BCUT2D eigenvalue weighted by atomic mass is 35.5. The zero-order valence-electron chi connectivity index (χ0n) is 16.0. The van der Waals surface area contributed by atoms with Gasteiger partial charge in [-0.05, 0) is 29.8 Å². The van der Waals surface area contributed by atoms with Gasteiger partial charge in [0.2, 0.25) is 0 Å². The predicted octanol–water partition coefficient (Wildman–Crippen LogP) is 3.27. The summed E-state index contributed by atoms with van der Waals surface area (Å²) in [6.07, 6.45) is 0. The number of carbonyl (C=O) groups excluding carboxylic acids is 1. The van der Waals surface area contributed by atoms with E-state index in [0.717, 1.165) is 19.6 Å². The number of nitro benzene ring substituents is 1. The molecule has 1 saturated heterocycles. The molecule has 0 aromatic heterocycles. The summed E-state index contributed by atoms with van der Waals surface area (Å²) in [7, 11) is 3.48. The molecule has 0 radical (unpaired) electrons. The SMILES string of the molecule is CN(C)c1ccc(C(=O)N2CCN(Cc3ccc(Cl)cc3)CC2)cc1[N+](=O)[O-]. The normalized spacial score (nSPS) is 14.8. The van der Waals surface area contributed by atoms with Gasteiger partial charge in [-0.3, -0.25) is 19.8 Å². The molecule has 0 N–H and O–H groups in total. The lowest BCUT2D eigenvalue weighted by molar-refractivity contribution is -0.384. The molecule has 1 aliphatic rings. The molecule has 0 atom stereocenters. The molecule has 1 aliphatic heterocycles. The van der Waals surface area contributed by atoms with Crippen LogP contribution in [0.2, 0.25) is 5.02 Å². The largest absolute Gasteiger partial charge is 0.372 e. The molecular formula is C20H23ClN4O3. The number of nitro groups is 1. The van der Waals surface area contributed by atoms with E-state index in [9.17, 15) is 14.9 Å². The smallest absolute Gasteiger partial charge is 0.293 e. The number of anilines is 1. The van der Waals surface area contributed by atoms with Gasteiger partial charge in [-0.25, -0.2) is 0 Å². The number of piperazine rings is 1. The van der Waals surface area contributed by atoms with Gasteiger partial charge in [0.1, 0.15) is 5.69 Å². The molecule has 0 unspecified atom stereocenters. The molecule has 0 saturated carbocycles. The highest BCUT2D eigenvalue weighted by Crippen LogP contribution is 2.28. The van der Waals surface area contributed by atoms with E-state index in [-0.39, 0.29) is 11.6 Å². The molecule has 148 valence electrons. The van der Waals surface area contributed by atoms with Crippen molar-refractivity contribution in [2.75, 3.05) is 45.2 Å². The Labute approximate surface area is 169 Å². The van der Waals surface area contributed by atoms with E-state index in [1.165, 1.54) is 11.6 Å². The molecule has 1 amide bonds. The van der Waals surface area contributed by atoms with Crippen LogP contribution in [0.1, 0.15) is 15.9 Å². The number of carbonyl (C=O) groups is 1. The van der Waals surface area contributed by atoms with Crippen molar-refractivity contribution in [3.05, 3.63) is 68.7 Å². The van der Waals surface area contributed by atoms with Gasteiger partial charge in [0.15, 0.2) is 0 Å². The van der Waals surface area contributed by atoms with Crippen LogP contribution in [0.25, 0.3) is 0 Å². The van der Waals surface area contributed by atoms with Crippen molar-refractivity contribution in [1.29, 1.82) is 0 Å². The van der Waals surface area contributed by atoms with Crippen LogP contribution < -0.4 is 4.90 Å². The third-order valence-corrected chi connectivity index (χ3v) is 5.13. The highest BCUT2D eigenvalue weighted by Gasteiger charge is 2.25. The summed E-state index contributed by atoms with van der Waals surface area (Å²) < 4.78 is 0. The van der Waals surface area contributed by atoms with Crippen LogP contribution in [0.4, 0.5) is 11.4 Å². The first kappa shape index (κ1) is 20.1. The molecule has 2 aromatic carbocycles. The van der Waals surface area contributed by atoms with Crippen LogP contribution in [0.3, 0.4) is 0 Å². The van der Waals surface area contributed by atoms with Crippen molar-refractivity contribution in [3.63, 3.8) is 0 Å². The van der Waals surface area contributed by atoms with Crippen LogP contribution in [-0.2, 0) is 6.54 Å². The van der Waals surface area contributed by atoms with Gasteiger partial charge in [-0.2, -0.15) is 0 Å². The number of rotatable bonds is 5. The number of nitrogens with zero attached hydrogens (tertiary/aromatic N) is 4. The Bertz CT molecular complexity index is 862. The summed E-state index contributed by atoms with van der Waals surface area (Å²) in [6.45, 7) is 3.51. The second-order valence-corrected chi connectivity index (χ2v) is 7.49. The first-order valence-corrected chi connectivity index (χ1v) is 9.45. The topological polar surface area (TPSA) is 69.9 Å². The Morgan fingerprint density at radius 3 is 2.32 bits per heavy atom. The molecule has 2 aromatic rings. The molecule has 8 heteroatoms. The fraction of sp³-hybridized carbons (Fsp3) is 0.350. The summed E-state index contributed by atoms with van der Waals surface area (Å²) in [6, 6.07) is 12.4. The van der Waals surface area contributed by atoms with Crippen LogP contribution in [0.5, 0.6) is 0 Å². The number of benzene rings is 2. The van der Waals surface area contributed by atoms with Gasteiger partial charge >= 0.3 is 0 Å². The van der Waals surface area contributed by atoms with Crippen molar-refractivity contribution in [2.24, 2.45) is 0 Å². The van der Waals surface area contributed by atoms with E-state index in [4.69, 9.17) is 11.6 Å². The molecule has 3 rings (SSSR count). The lowest BCUT2D eigenvalue weighted by Gasteiger charge is -2.34. The second kappa shape index (κ2) is 8.58. The minimum absolute atomic E-state index is 0.0581. The molecule has 1 heterocycles. The monoisotopic (exact) mass is 402 g/mol. The summed E-state index contributed by atoms with van der Waals surface area (Å²) >= 11 is 5.92. The standard InChI is InChI=1S/C20H23ClN4O3/c1-22(2)18-8-5-16(13-19(18)25(27)28)20(26)24-11-9-23(10-12-24)14-15-3-6-17(21)7-4-15/h3-8,13H,9-12,14H2,1-2H3. The first-order chi connectivity index (χ1) is 13.3. The van der Waals surface area contributed by atoms with Crippen LogP contribution in [0, 0.1) is 10.1 Å². The van der Waals surface area contributed by atoms with Crippen molar-refractivity contribution in [1.82, 2.24) is 9.80 Å². The van der Waals surface area contributed by atoms with Crippen molar-refractivity contribution >= 4 is 28.9 Å². The van der Waals surface area contributed by atoms with Gasteiger partial charge in [0.25, 0.3) is 11.6 Å². The van der Waals surface area contributed by atoms with Gasteiger partial charge in [-0.1, -0.05) is 23.7 Å². The summed E-state index contributed by atoms with van der Waals surface area (Å²) in [5.74, 6) is -0.167. The van der Waals surface area contributed by atoms with Gasteiger partial charge in [-0.15, -0.1) is 0 Å². The lowest BCUT2D eigenvalue weighted by Crippen LogP contribution is -2.48. The fourth-order valence-corrected chi connectivity index (χ4v) is 3.45. The molecule has 0 aliphatic carbocycles. The quantitative estimate of drug-likeness (QED) is 0.567. The first-order valence-electron chi connectivity index (χ1n) is 9.07. The lowest BCUT2D eigenvalue weighted by atomic mass is 10.1. The summed E-state index contributed by atoms with van der Waals surface area (Å²) in [5, 5.41) is 12.1. The summed E-state index contributed by atoms with van der Waals surface area (Å²) in [5.41, 5.74) is 1.95. The van der Waals surface area contributed by atoms with E-state index in [1.807, 2.05) is 24.3 Å². The Kier molecular flexibility index (Phi) is 6.16. The minimum atomic E-state index is -0.448. The molecule has 28 heavy (non-hydrogen) atoms. The maximum atomic E-state index is 12.8. The van der Waals surface area contributed by atoms with Crippen LogP contribution in [0.15, 0.2) is 42.5 Å². The minimum Gasteiger partial charge on any atom is -0.372 e. The zero-order valence-corrected chi connectivity index (χ0v) is 16.7. The zero-order chi connectivity index (χ0) is 20.3. The van der Waals surface area contributed by atoms with Crippen molar-refractivity contribution < 1.29 is 9.72 Å². The average Bonchev–Trinajstić information content (AvgIpc) is 2.69. The second-order valence-electron chi connectivity index (χ2n) is 7.05. The highest BCUT2D eigenvalue weighted by molar-refractivity contribution is 6.30. The molecule has 0 bridgehead atoms. The van der Waals surface area contributed by atoms with Gasteiger partial charge in [0, 0.05) is 63.5 Å². The van der Waals surface area contributed by atoms with E-state index in [2.05, 4.69) is 4.90 Å². The number of hydrogen-bond donors (Lipinski definition) is 0. The molecule has 0 spiro atoms. The predicted molar refractivity (Wildman–Crippen MR) is 110 cm³/mol. The maximum absolute atomic E-state index is 12.8. The van der Waals surface area contributed by atoms with E-state index in [0.29, 0.717) is 29.4 Å². The average molecular weight is 403 g/mol. The van der Waals surface area contributed by atoms with E-state index >= 15 is 0 Å². The maximum Gasteiger partial charge on any atom is 0.293 e. The van der Waals surface area contributed by atoms with Gasteiger partial charge in [0.05, 0.1) is 4.92 Å². The number of hydrogen-bond acceptors (Lipinski definition) is 5. The van der Waals surface area contributed by atoms with E-state index < -0.39 is 4.92 Å². The molecular weight excluding hydrogens is 380 g/mol. The van der Waals surface area contributed by atoms with Crippen molar-refractivity contribution in [2.45, 2.75) is 6.54 Å². The summed E-state index contributed by atoms with van der Waals surface area (Å²) in [4.78, 5) is 29.4. The van der Waals surface area contributed by atoms with E-state index in [1.54, 1.807) is 36.0 Å². The number of halogens is 1. The fourth-order valence-electron chi connectivity index (χ4n) is 3.32. The molecule has 7 nitrogen and oxygen atoms in total. The third kappa shape index (κ3) is 4.61. The Morgan fingerprint density at radius 2 is 1.75 bits per heavy atom. The Balaban J connectivity index is 1.64.